The molecule has 0 aliphatic rings. The van der Waals surface area contributed by atoms with Gasteiger partial charge in [0.2, 0.25) is 0 Å². The van der Waals surface area contributed by atoms with Gasteiger partial charge in [-0.2, -0.15) is 0 Å². The highest BCUT2D eigenvalue weighted by Gasteiger charge is 2.26. The monoisotopic (exact) mass is 561 g/mol. The van der Waals surface area contributed by atoms with Crippen LogP contribution in [0.1, 0.15) is 27.1 Å². The van der Waals surface area contributed by atoms with E-state index in [0.29, 0.717) is 11.3 Å². The predicted molar refractivity (Wildman–Crippen MR) is 140 cm³/mol. The van der Waals surface area contributed by atoms with Crippen LogP contribution in [0.4, 0.5) is 13.6 Å². The highest BCUT2D eigenvalue weighted by atomic mass is 35.5. The van der Waals surface area contributed by atoms with Gasteiger partial charge in [-0.25, -0.2) is 26.7 Å². The fourth-order valence-corrected chi connectivity index (χ4v) is 6.40. The average Bonchev–Trinajstić information content (AvgIpc) is 3.15. The van der Waals surface area contributed by atoms with Gasteiger partial charge in [-0.3, -0.25) is 4.98 Å². The third-order valence-corrected chi connectivity index (χ3v) is 8.32. The minimum atomic E-state index is -4.30. The summed E-state index contributed by atoms with van der Waals surface area (Å²) >= 11 is 7.60. The van der Waals surface area contributed by atoms with Gasteiger partial charge in [-0.1, -0.05) is 29.8 Å². The molecule has 192 valence electrons. The van der Waals surface area contributed by atoms with E-state index in [1.807, 2.05) is 30.7 Å². The number of urea groups is 1. The van der Waals surface area contributed by atoms with Crippen molar-refractivity contribution in [2.75, 3.05) is 0 Å². The highest BCUT2D eigenvalue weighted by molar-refractivity contribution is 7.90. The molecule has 2 amide bonds. The van der Waals surface area contributed by atoms with Gasteiger partial charge in [0.1, 0.15) is 16.5 Å². The van der Waals surface area contributed by atoms with Crippen LogP contribution in [0.15, 0.2) is 71.8 Å². The smallest absolute Gasteiger partial charge is 0.329 e. The first-order valence-electron chi connectivity index (χ1n) is 11.1. The van der Waals surface area contributed by atoms with Gasteiger partial charge < -0.3 is 5.32 Å². The van der Waals surface area contributed by atoms with Crippen LogP contribution < -0.4 is 10.0 Å². The van der Waals surface area contributed by atoms with Crippen LogP contribution in [0.2, 0.25) is 5.02 Å². The van der Waals surface area contributed by atoms with Gasteiger partial charge in [-0.15, -0.1) is 11.3 Å². The molecule has 0 saturated carbocycles. The Morgan fingerprint density at radius 3 is 2.38 bits per heavy atom. The number of benzene rings is 2. The predicted octanol–water partition coefficient (Wildman–Crippen LogP) is 6.33. The molecule has 37 heavy (non-hydrogen) atoms. The van der Waals surface area contributed by atoms with Crippen molar-refractivity contribution >= 4 is 39.0 Å². The van der Waals surface area contributed by atoms with E-state index in [0.717, 1.165) is 33.5 Å². The van der Waals surface area contributed by atoms with E-state index in [2.05, 4.69) is 10.3 Å². The Labute approximate surface area is 222 Å². The van der Waals surface area contributed by atoms with Crippen LogP contribution in [-0.2, 0) is 16.4 Å². The number of nitrogens with zero attached hydrogens (tertiary/aromatic N) is 1. The third kappa shape index (κ3) is 6.33. The zero-order valence-corrected chi connectivity index (χ0v) is 22.1. The Hall–Kier alpha value is -3.34. The number of amides is 2. The molecular formula is C26H22ClF2N3O3S2. The normalized spacial score (nSPS) is 12.2. The Kier molecular flexibility index (Phi) is 7.91. The lowest BCUT2D eigenvalue weighted by Gasteiger charge is -2.22. The van der Waals surface area contributed by atoms with Crippen LogP contribution in [0.5, 0.6) is 0 Å². The van der Waals surface area contributed by atoms with E-state index in [-0.39, 0.29) is 21.9 Å². The van der Waals surface area contributed by atoms with Crippen molar-refractivity contribution in [3.63, 3.8) is 0 Å². The first kappa shape index (κ1) is 26.7. The van der Waals surface area contributed by atoms with E-state index >= 15 is 0 Å². The number of carbonyl (C=O) groups excluding carboxylic acids is 1. The summed E-state index contributed by atoms with van der Waals surface area (Å²) < 4.78 is 55.4. The van der Waals surface area contributed by atoms with Crippen molar-refractivity contribution in [3.05, 3.63) is 105 Å². The standard InChI is InChI=1S/C26H22ClF2N3O3S2/c1-15-10-21(16(2)36-15)20-6-5-9-30-25(20)23(13-17-11-18(28)14-19(29)12-17)31-26(33)32-37(34,35)24-8-4-3-7-22(24)27/h3-12,14,23H,13H2,1-2H3,(H2,31,32,33). The molecule has 0 bridgehead atoms. The topological polar surface area (TPSA) is 88.2 Å². The first-order chi connectivity index (χ1) is 17.5. The van der Waals surface area contributed by atoms with Crippen LogP contribution in [0.25, 0.3) is 11.1 Å². The van der Waals surface area contributed by atoms with Gasteiger partial charge in [0.05, 0.1) is 16.8 Å². The molecule has 0 aliphatic carbocycles. The van der Waals surface area contributed by atoms with Crippen LogP contribution in [-0.4, -0.2) is 19.4 Å². The molecule has 0 spiro atoms. The molecule has 0 aliphatic heterocycles. The van der Waals surface area contributed by atoms with Crippen molar-refractivity contribution in [1.82, 2.24) is 15.0 Å². The molecule has 2 N–H and O–H groups in total. The van der Waals surface area contributed by atoms with Crippen molar-refractivity contribution in [2.24, 2.45) is 0 Å². The molecule has 2 aromatic carbocycles. The van der Waals surface area contributed by atoms with Crippen molar-refractivity contribution < 1.29 is 22.0 Å². The number of sulfonamides is 1. The number of hydrogen-bond donors (Lipinski definition) is 2. The second-order valence-corrected chi connectivity index (χ2v) is 11.8. The number of aromatic nitrogens is 1. The quantitative estimate of drug-likeness (QED) is 0.276. The number of carbonyl (C=O) groups is 1. The van der Waals surface area contributed by atoms with Gasteiger partial charge in [0, 0.05) is 27.6 Å². The molecule has 2 aromatic heterocycles. The summed E-state index contributed by atoms with van der Waals surface area (Å²) in [6, 6.07) is 12.3. The number of rotatable bonds is 7. The van der Waals surface area contributed by atoms with Gasteiger partial charge in [0.15, 0.2) is 0 Å². The molecule has 0 saturated heterocycles. The van der Waals surface area contributed by atoms with Gasteiger partial charge in [-0.05, 0) is 67.8 Å². The maximum Gasteiger partial charge on any atom is 0.329 e. The van der Waals surface area contributed by atoms with Gasteiger partial charge in [0.25, 0.3) is 10.0 Å². The van der Waals surface area contributed by atoms with E-state index in [4.69, 9.17) is 11.6 Å². The maximum absolute atomic E-state index is 13.9. The molecule has 4 rings (SSSR count). The Bertz CT molecular complexity index is 1550. The number of halogens is 3. The lowest BCUT2D eigenvalue weighted by molar-refractivity contribution is 0.242. The Morgan fingerprint density at radius 2 is 1.73 bits per heavy atom. The summed E-state index contributed by atoms with van der Waals surface area (Å²) in [4.78, 5) is 19.3. The van der Waals surface area contributed by atoms with Gasteiger partial charge >= 0.3 is 6.03 Å². The van der Waals surface area contributed by atoms with Crippen molar-refractivity contribution in [2.45, 2.75) is 31.2 Å². The summed E-state index contributed by atoms with van der Waals surface area (Å²) in [5.74, 6) is -1.55. The van der Waals surface area contributed by atoms with Crippen LogP contribution in [0, 0.1) is 25.5 Å². The Balaban J connectivity index is 1.72. The Morgan fingerprint density at radius 1 is 1.03 bits per heavy atom. The molecule has 11 heteroatoms. The fraction of sp³-hybridized carbons (Fsp3) is 0.154. The average molecular weight is 562 g/mol. The van der Waals surface area contributed by atoms with E-state index < -0.39 is 33.7 Å². The number of hydrogen-bond acceptors (Lipinski definition) is 5. The summed E-state index contributed by atoms with van der Waals surface area (Å²) in [6.07, 6.45) is 1.48. The lowest BCUT2D eigenvalue weighted by atomic mass is 9.95. The molecule has 1 unspecified atom stereocenters. The van der Waals surface area contributed by atoms with Crippen LogP contribution >= 0.6 is 22.9 Å². The summed E-state index contributed by atoms with van der Waals surface area (Å²) in [5.41, 5.74) is 2.28. The van der Waals surface area contributed by atoms with E-state index in [1.165, 1.54) is 24.4 Å². The molecule has 6 nitrogen and oxygen atoms in total. The SMILES string of the molecule is Cc1cc(-c2cccnc2C(Cc2cc(F)cc(F)c2)NC(=O)NS(=O)(=O)c2ccccc2Cl)c(C)s1. The maximum atomic E-state index is 13.9. The zero-order chi connectivity index (χ0) is 26.7. The van der Waals surface area contributed by atoms with E-state index in [1.54, 1.807) is 23.5 Å². The molecule has 0 fully saturated rings. The molecule has 2 heterocycles. The number of thiophene rings is 1. The molecular weight excluding hydrogens is 540 g/mol. The summed E-state index contributed by atoms with van der Waals surface area (Å²) in [7, 11) is -4.30. The molecule has 4 aromatic rings. The summed E-state index contributed by atoms with van der Waals surface area (Å²) in [5, 5.41) is 2.58. The lowest BCUT2D eigenvalue weighted by Crippen LogP contribution is -2.42. The summed E-state index contributed by atoms with van der Waals surface area (Å²) in [6.45, 7) is 3.92. The number of aryl methyl sites for hydroxylation is 2. The fourth-order valence-electron chi connectivity index (χ4n) is 4.03. The molecule has 1 atom stereocenters. The first-order valence-corrected chi connectivity index (χ1v) is 13.8. The minimum absolute atomic E-state index is 0.0510. The highest BCUT2D eigenvalue weighted by Crippen LogP contribution is 2.35. The largest absolute Gasteiger partial charge is 0.329 e. The molecule has 0 radical (unpaired) electrons. The number of pyridine rings is 1. The zero-order valence-electron chi connectivity index (χ0n) is 19.8. The van der Waals surface area contributed by atoms with Crippen molar-refractivity contribution in [1.29, 1.82) is 0 Å². The van der Waals surface area contributed by atoms with Crippen LogP contribution in [0.3, 0.4) is 0 Å². The second-order valence-electron chi connectivity index (χ2n) is 8.31. The third-order valence-electron chi connectivity index (χ3n) is 5.52. The van der Waals surface area contributed by atoms with Crippen molar-refractivity contribution in [3.8, 4) is 11.1 Å². The number of nitrogens with one attached hydrogen (secondary N) is 2. The second kappa shape index (κ2) is 11.0. The minimum Gasteiger partial charge on any atom is -0.329 e. The van der Waals surface area contributed by atoms with E-state index in [9.17, 15) is 22.0 Å².